The van der Waals surface area contributed by atoms with Crippen molar-refractivity contribution in [3.63, 3.8) is 0 Å². The van der Waals surface area contributed by atoms with E-state index in [4.69, 9.17) is 9.47 Å². The minimum absolute atomic E-state index is 0.157. The molecule has 0 aliphatic rings. The van der Waals surface area contributed by atoms with Crippen molar-refractivity contribution in [1.82, 2.24) is 4.98 Å². The van der Waals surface area contributed by atoms with Gasteiger partial charge in [0.15, 0.2) is 0 Å². The maximum Gasteiger partial charge on any atom is 0.237 e. The number of ether oxygens (including phenoxy) is 2. The molecule has 0 radical (unpaired) electrons. The molecule has 1 heterocycles. The van der Waals surface area contributed by atoms with E-state index in [1.807, 2.05) is 43.3 Å². The Morgan fingerprint density at radius 3 is 2.60 bits per heavy atom. The van der Waals surface area contributed by atoms with Crippen molar-refractivity contribution in [2.75, 3.05) is 19.0 Å². The van der Waals surface area contributed by atoms with Crippen LogP contribution >= 0.6 is 0 Å². The number of hydrogen-bond donors (Lipinski definition) is 1. The molecule has 0 saturated heterocycles. The molecule has 4 nitrogen and oxygen atoms in total. The Bertz CT molecular complexity index is 540. The van der Waals surface area contributed by atoms with Crippen LogP contribution in [-0.4, -0.2) is 18.7 Å². The molecule has 1 aromatic carbocycles. The lowest BCUT2D eigenvalue weighted by Gasteiger charge is -2.17. The average molecular weight is 272 g/mol. The second-order valence-corrected chi connectivity index (χ2v) is 4.43. The zero-order valence-corrected chi connectivity index (χ0v) is 12.1. The third-order valence-corrected chi connectivity index (χ3v) is 3.04. The molecule has 0 spiro atoms. The second-order valence-electron chi connectivity index (χ2n) is 4.43. The Labute approximate surface area is 119 Å². The molecule has 0 fully saturated rings. The molecule has 0 aliphatic heterocycles. The molecule has 2 rings (SSSR count). The first-order chi connectivity index (χ1) is 9.74. The Kier molecular flexibility index (Phi) is 4.82. The predicted molar refractivity (Wildman–Crippen MR) is 80.4 cm³/mol. The Balaban J connectivity index is 2.12. The fraction of sp³-hybridized carbons (Fsp3) is 0.312. The summed E-state index contributed by atoms with van der Waals surface area (Å²) in [6.07, 6.45) is 1.73. The molecule has 0 bridgehead atoms. The van der Waals surface area contributed by atoms with E-state index in [1.165, 1.54) is 5.56 Å². The summed E-state index contributed by atoms with van der Waals surface area (Å²) < 4.78 is 10.7. The van der Waals surface area contributed by atoms with Crippen molar-refractivity contribution in [2.45, 2.75) is 19.9 Å². The number of anilines is 1. The van der Waals surface area contributed by atoms with E-state index in [2.05, 4.69) is 17.2 Å². The zero-order chi connectivity index (χ0) is 14.4. The maximum absolute atomic E-state index is 5.52. The van der Waals surface area contributed by atoms with E-state index in [0.717, 1.165) is 11.4 Å². The predicted octanol–water partition coefficient (Wildman–Crippen LogP) is 3.66. The van der Waals surface area contributed by atoms with Crippen LogP contribution in [0.1, 0.15) is 25.5 Å². The summed E-state index contributed by atoms with van der Waals surface area (Å²) in [5.41, 5.74) is 2.08. The van der Waals surface area contributed by atoms with Gasteiger partial charge in [-0.15, -0.1) is 0 Å². The molecule has 20 heavy (non-hydrogen) atoms. The van der Waals surface area contributed by atoms with E-state index in [9.17, 15) is 0 Å². The summed E-state index contributed by atoms with van der Waals surface area (Å²) in [7, 11) is 1.67. The first kappa shape index (κ1) is 14.2. The van der Waals surface area contributed by atoms with Gasteiger partial charge in [0.25, 0.3) is 0 Å². The smallest absolute Gasteiger partial charge is 0.237 e. The van der Waals surface area contributed by atoms with Crippen LogP contribution in [0.25, 0.3) is 0 Å². The van der Waals surface area contributed by atoms with Gasteiger partial charge in [-0.3, -0.25) is 0 Å². The minimum Gasteiger partial charge on any atom is -0.497 e. The molecular formula is C16H20N2O2. The van der Waals surface area contributed by atoms with Crippen LogP contribution in [0.15, 0.2) is 42.6 Å². The van der Waals surface area contributed by atoms with E-state index < -0.39 is 0 Å². The number of rotatable bonds is 6. The van der Waals surface area contributed by atoms with Gasteiger partial charge in [-0.25, -0.2) is 4.98 Å². The minimum atomic E-state index is 0.157. The highest BCUT2D eigenvalue weighted by atomic mass is 16.5. The summed E-state index contributed by atoms with van der Waals surface area (Å²) >= 11 is 0. The molecule has 4 heteroatoms. The van der Waals surface area contributed by atoms with Gasteiger partial charge in [0.1, 0.15) is 5.75 Å². The molecular weight excluding hydrogens is 252 g/mol. The third-order valence-electron chi connectivity index (χ3n) is 3.04. The molecule has 0 saturated carbocycles. The number of methoxy groups -OCH3 is 1. The van der Waals surface area contributed by atoms with Crippen LogP contribution < -0.4 is 14.8 Å². The normalized spacial score (nSPS) is 11.8. The monoisotopic (exact) mass is 272 g/mol. The number of hydrogen-bond acceptors (Lipinski definition) is 4. The molecule has 1 unspecified atom stereocenters. The van der Waals surface area contributed by atoms with Crippen molar-refractivity contribution in [2.24, 2.45) is 0 Å². The van der Waals surface area contributed by atoms with Gasteiger partial charge in [-0.1, -0.05) is 12.1 Å². The number of benzene rings is 1. The summed E-state index contributed by atoms with van der Waals surface area (Å²) in [5, 5.41) is 3.42. The summed E-state index contributed by atoms with van der Waals surface area (Å²) in [6.45, 7) is 4.65. The molecule has 1 atom stereocenters. The van der Waals surface area contributed by atoms with Gasteiger partial charge in [0, 0.05) is 12.2 Å². The van der Waals surface area contributed by atoms with Crippen LogP contribution in [0.3, 0.4) is 0 Å². The van der Waals surface area contributed by atoms with Crippen LogP contribution in [0, 0.1) is 0 Å². The highest BCUT2D eigenvalue weighted by Crippen LogP contribution is 2.26. The fourth-order valence-corrected chi connectivity index (χ4v) is 1.96. The zero-order valence-electron chi connectivity index (χ0n) is 12.1. The fourth-order valence-electron chi connectivity index (χ4n) is 1.96. The molecule has 0 amide bonds. The lowest BCUT2D eigenvalue weighted by Crippen LogP contribution is -2.08. The molecule has 1 N–H and O–H groups in total. The number of pyridine rings is 1. The van der Waals surface area contributed by atoms with Crippen LogP contribution in [-0.2, 0) is 0 Å². The highest BCUT2D eigenvalue weighted by Gasteiger charge is 2.09. The molecule has 2 aromatic rings. The first-order valence-electron chi connectivity index (χ1n) is 6.73. The average Bonchev–Trinajstić information content (AvgIpc) is 2.49. The van der Waals surface area contributed by atoms with Crippen molar-refractivity contribution in [3.05, 3.63) is 48.2 Å². The quantitative estimate of drug-likeness (QED) is 0.871. The van der Waals surface area contributed by atoms with Crippen molar-refractivity contribution < 1.29 is 9.47 Å². The second kappa shape index (κ2) is 6.80. The summed E-state index contributed by atoms with van der Waals surface area (Å²) in [4.78, 5) is 4.24. The summed E-state index contributed by atoms with van der Waals surface area (Å²) in [5.74, 6) is 1.49. The van der Waals surface area contributed by atoms with E-state index in [1.54, 1.807) is 13.3 Å². The van der Waals surface area contributed by atoms with Crippen LogP contribution in [0.2, 0.25) is 0 Å². The van der Waals surface area contributed by atoms with Gasteiger partial charge in [-0.2, -0.15) is 0 Å². The summed E-state index contributed by atoms with van der Waals surface area (Å²) in [6, 6.07) is 12.0. The number of nitrogens with one attached hydrogen (secondary N) is 1. The lowest BCUT2D eigenvalue weighted by molar-refractivity contribution is 0.328. The Morgan fingerprint density at radius 2 is 1.95 bits per heavy atom. The van der Waals surface area contributed by atoms with Gasteiger partial charge in [0.2, 0.25) is 5.88 Å². The molecule has 0 aliphatic carbocycles. The largest absolute Gasteiger partial charge is 0.497 e. The number of aromatic nitrogens is 1. The van der Waals surface area contributed by atoms with Crippen molar-refractivity contribution in [3.8, 4) is 11.6 Å². The van der Waals surface area contributed by atoms with Gasteiger partial charge in [0.05, 0.1) is 19.4 Å². The Hall–Kier alpha value is -2.23. The first-order valence-corrected chi connectivity index (χ1v) is 6.73. The van der Waals surface area contributed by atoms with Crippen molar-refractivity contribution >= 4 is 5.69 Å². The van der Waals surface area contributed by atoms with Crippen LogP contribution in [0.4, 0.5) is 5.69 Å². The van der Waals surface area contributed by atoms with Crippen LogP contribution in [0.5, 0.6) is 11.6 Å². The molecule has 106 valence electrons. The Morgan fingerprint density at radius 1 is 1.20 bits per heavy atom. The number of nitrogens with zero attached hydrogens (tertiary/aromatic N) is 1. The van der Waals surface area contributed by atoms with E-state index in [0.29, 0.717) is 12.5 Å². The van der Waals surface area contributed by atoms with Gasteiger partial charge in [-0.05, 0) is 43.7 Å². The lowest BCUT2D eigenvalue weighted by atomic mass is 10.1. The van der Waals surface area contributed by atoms with E-state index >= 15 is 0 Å². The topological polar surface area (TPSA) is 43.4 Å². The molecule has 1 aromatic heterocycles. The van der Waals surface area contributed by atoms with Gasteiger partial charge >= 0.3 is 0 Å². The van der Waals surface area contributed by atoms with E-state index in [-0.39, 0.29) is 6.04 Å². The third kappa shape index (κ3) is 3.41. The SMILES string of the molecule is CCOc1ncccc1NC(C)c1ccc(OC)cc1. The maximum atomic E-state index is 5.52. The van der Waals surface area contributed by atoms with Gasteiger partial charge < -0.3 is 14.8 Å². The van der Waals surface area contributed by atoms with Crippen molar-refractivity contribution in [1.29, 1.82) is 0 Å². The standard InChI is InChI=1S/C16H20N2O2/c1-4-20-16-15(6-5-11-17-16)18-12(2)13-7-9-14(19-3)10-8-13/h5-12,18H,4H2,1-3H3. The highest BCUT2D eigenvalue weighted by molar-refractivity contribution is 5.53.